The maximum Gasteiger partial charge on any atom is 0.261 e. The molecule has 2 rings (SSSR count). The van der Waals surface area contributed by atoms with Crippen LogP contribution in [0.4, 0.5) is 0 Å². The molecule has 2 amide bonds. The van der Waals surface area contributed by atoms with Crippen LogP contribution in [0.2, 0.25) is 0 Å². The third-order valence-corrected chi connectivity index (χ3v) is 3.92. The van der Waals surface area contributed by atoms with Crippen LogP contribution in [0.25, 0.3) is 5.57 Å². The molecule has 0 bridgehead atoms. The monoisotopic (exact) mass is 285 g/mol. The SMILES string of the molecule is CCCCCCC1=C(c2ccccc2)C(=O)N(CC)C1=O. The molecule has 0 aliphatic carbocycles. The van der Waals surface area contributed by atoms with Gasteiger partial charge in [-0.05, 0) is 25.3 Å². The molecule has 1 aliphatic heterocycles. The summed E-state index contributed by atoms with van der Waals surface area (Å²) in [6.07, 6.45) is 5.11. The summed E-state index contributed by atoms with van der Waals surface area (Å²) in [6.45, 7) is 4.45. The van der Waals surface area contributed by atoms with Gasteiger partial charge < -0.3 is 0 Å². The molecule has 1 aliphatic rings. The lowest BCUT2D eigenvalue weighted by molar-refractivity contribution is -0.136. The van der Waals surface area contributed by atoms with Crippen LogP contribution in [0.5, 0.6) is 0 Å². The normalized spacial score (nSPS) is 15.2. The molecule has 0 fully saturated rings. The van der Waals surface area contributed by atoms with E-state index >= 15 is 0 Å². The lowest BCUT2D eigenvalue weighted by Gasteiger charge is -2.11. The topological polar surface area (TPSA) is 37.4 Å². The third-order valence-electron chi connectivity index (χ3n) is 3.92. The van der Waals surface area contributed by atoms with Gasteiger partial charge in [0.05, 0.1) is 5.57 Å². The van der Waals surface area contributed by atoms with Crippen LogP contribution in [0, 0.1) is 0 Å². The Kier molecular flexibility index (Phi) is 5.32. The van der Waals surface area contributed by atoms with Crippen LogP contribution in [-0.2, 0) is 9.59 Å². The van der Waals surface area contributed by atoms with E-state index in [4.69, 9.17) is 0 Å². The zero-order valence-electron chi connectivity index (χ0n) is 12.9. The van der Waals surface area contributed by atoms with Crippen molar-refractivity contribution in [3.8, 4) is 0 Å². The first kappa shape index (κ1) is 15.5. The average molecular weight is 285 g/mol. The Morgan fingerprint density at radius 2 is 1.62 bits per heavy atom. The summed E-state index contributed by atoms with van der Waals surface area (Å²) in [6, 6.07) is 9.55. The molecule has 0 spiro atoms. The Bertz CT molecular complexity index is 546. The average Bonchev–Trinajstić information content (AvgIpc) is 2.75. The standard InChI is InChI=1S/C18H23NO2/c1-3-5-6-10-13-15-16(14-11-8-7-9-12-14)18(21)19(4-2)17(15)20/h7-9,11-12H,3-6,10,13H2,1-2H3. The van der Waals surface area contributed by atoms with Gasteiger partial charge in [-0.15, -0.1) is 0 Å². The highest BCUT2D eigenvalue weighted by molar-refractivity contribution is 6.35. The fraction of sp³-hybridized carbons (Fsp3) is 0.444. The van der Waals surface area contributed by atoms with E-state index in [1.165, 1.54) is 17.7 Å². The molecule has 0 N–H and O–H groups in total. The molecule has 1 heterocycles. The Hall–Kier alpha value is -1.90. The van der Waals surface area contributed by atoms with Gasteiger partial charge in [0.2, 0.25) is 0 Å². The van der Waals surface area contributed by atoms with E-state index in [0.29, 0.717) is 24.1 Å². The van der Waals surface area contributed by atoms with Crippen molar-refractivity contribution in [2.24, 2.45) is 0 Å². The Labute approximate surface area is 126 Å². The molecule has 0 unspecified atom stereocenters. The summed E-state index contributed by atoms with van der Waals surface area (Å²) in [7, 11) is 0. The van der Waals surface area contributed by atoms with Gasteiger partial charge in [0.1, 0.15) is 0 Å². The minimum Gasteiger partial charge on any atom is -0.275 e. The summed E-state index contributed by atoms with van der Waals surface area (Å²) in [5.41, 5.74) is 2.17. The van der Waals surface area contributed by atoms with Crippen molar-refractivity contribution in [3.63, 3.8) is 0 Å². The van der Waals surface area contributed by atoms with E-state index < -0.39 is 0 Å². The summed E-state index contributed by atoms with van der Waals surface area (Å²) in [5.74, 6) is -0.239. The fourth-order valence-electron chi connectivity index (χ4n) is 2.78. The highest BCUT2D eigenvalue weighted by atomic mass is 16.2. The van der Waals surface area contributed by atoms with Crippen molar-refractivity contribution in [1.29, 1.82) is 0 Å². The molecule has 0 saturated heterocycles. The lowest BCUT2D eigenvalue weighted by Crippen LogP contribution is -2.31. The number of nitrogens with zero attached hydrogens (tertiary/aromatic N) is 1. The van der Waals surface area contributed by atoms with Gasteiger partial charge in [0.25, 0.3) is 11.8 Å². The Balaban J connectivity index is 2.29. The molecular weight excluding hydrogens is 262 g/mol. The minimum atomic E-state index is -0.140. The number of amides is 2. The van der Waals surface area contributed by atoms with Crippen molar-refractivity contribution in [2.75, 3.05) is 6.54 Å². The van der Waals surface area contributed by atoms with Crippen molar-refractivity contribution in [3.05, 3.63) is 41.5 Å². The van der Waals surface area contributed by atoms with Gasteiger partial charge >= 0.3 is 0 Å². The van der Waals surface area contributed by atoms with E-state index in [1.54, 1.807) is 0 Å². The van der Waals surface area contributed by atoms with E-state index in [2.05, 4.69) is 6.92 Å². The summed E-state index contributed by atoms with van der Waals surface area (Å²) in [4.78, 5) is 26.3. The van der Waals surface area contributed by atoms with Crippen LogP contribution in [0.1, 0.15) is 51.5 Å². The number of carbonyl (C=O) groups is 2. The molecule has 0 radical (unpaired) electrons. The van der Waals surface area contributed by atoms with Crippen LogP contribution >= 0.6 is 0 Å². The van der Waals surface area contributed by atoms with Gasteiger partial charge in [0.15, 0.2) is 0 Å². The second-order valence-electron chi connectivity index (χ2n) is 5.38. The van der Waals surface area contributed by atoms with Gasteiger partial charge in [-0.1, -0.05) is 56.5 Å². The van der Waals surface area contributed by atoms with Gasteiger partial charge in [-0.25, -0.2) is 0 Å². The van der Waals surface area contributed by atoms with Crippen molar-refractivity contribution in [1.82, 2.24) is 4.90 Å². The number of likely N-dealkylation sites (N-methyl/N-ethyl adjacent to an activating group) is 1. The number of hydrogen-bond donors (Lipinski definition) is 0. The summed E-state index contributed by atoms with van der Waals surface area (Å²) < 4.78 is 0. The Morgan fingerprint density at radius 1 is 0.905 bits per heavy atom. The Morgan fingerprint density at radius 3 is 2.24 bits per heavy atom. The van der Waals surface area contributed by atoms with E-state index in [-0.39, 0.29) is 11.8 Å². The first-order valence-electron chi connectivity index (χ1n) is 7.85. The van der Waals surface area contributed by atoms with Crippen LogP contribution in [0.15, 0.2) is 35.9 Å². The number of unbranched alkanes of at least 4 members (excludes halogenated alkanes) is 3. The van der Waals surface area contributed by atoms with Crippen molar-refractivity contribution >= 4 is 17.4 Å². The van der Waals surface area contributed by atoms with Crippen LogP contribution < -0.4 is 0 Å². The van der Waals surface area contributed by atoms with Crippen molar-refractivity contribution < 1.29 is 9.59 Å². The van der Waals surface area contributed by atoms with Crippen LogP contribution in [0.3, 0.4) is 0 Å². The second kappa shape index (κ2) is 7.21. The lowest BCUT2D eigenvalue weighted by atomic mass is 9.97. The molecule has 1 aromatic rings. The summed E-state index contributed by atoms with van der Waals surface area (Å²) in [5, 5.41) is 0. The molecule has 1 aromatic carbocycles. The van der Waals surface area contributed by atoms with Crippen LogP contribution in [-0.4, -0.2) is 23.3 Å². The number of hydrogen-bond acceptors (Lipinski definition) is 2. The van der Waals surface area contributed by atoms with Gasteiger partial charge in [0, 0.05) is 12.1 Å². The molecule has 0 aromatic heterocycles. The molecule has 0 atom stereocenters. The first-order valence-corrected chi connectivity index (χ1v) is 7.85. The highest BCUT2D eigenvalue weighted by Crippen LogP contribution is 2.32. The predicted octanol–water partition coefficient (Wildman–Crippen LogP) is 3.80. The molecule has 112 valence electrons. The molecule has 3 nitrogen and oxygen atoms in total. The van der Waals surface area contributed by atoms with E-state index in [0.717, 1.165) is 18.4 Å². The predicted molar refractivity (Wildman–Crippen MR) is 84.5 cm³/mol. The zero-order chi connectivity index (χ0) is 15.2. The third kappa shape index (κ3) is 3.23. The highest BCUT2D eigenvalue weighted by Gasteiger charge is 2.36. The number of benzene rings is 1. The van der Waals surface area contributed by atoms with Gasteiger partial charge in [-0.3, -0.25) is 14.5 Å². The molecule has 3 heteroatoms. The molecule has 21 heavy (non-hydrogen) atoms. The first-order chi connectivity index (χ1) is 10.2. The second-order valence-corrected chi connectivity index (χ2v) is 5.38. The largest absolute Gasteiger partial charge is 0.275 e. The summed E-state index contributed by atoms with van der Waals surface area (Å²) >= 11 is 0. The number of carbonyl (C=O) groups excluding carboxylic acids is 2. The zero-order valence-corrected chi connectivity index (χ0v) is 12.9. The van der Waals surface area contributed by atoms with Crippen molar-refractivity contribution in [2.45, 2.75) is 46.0 Å². The van der Waals surface area contributed by atoms with Gasteiger partial charge in [-0.2, -0.15) is 0 Å². The minimum absolute atomic E-state index is 0.0992. The van der Waals surface area contributed by atoms with E-state index in [1.807, 2.05) is 37.3 Å². The number of rotatable bonds is 7. The smallest absolute Gasteiger partial charge is 0.261 e. The molecule has 0 saturated carbocycles. The maximum absolute atomic E-state index is 12.5. The fourth-order valence-corrected chi connectivity index (χ4v) is 2.78. The van der Waals surface area contributed by atoms with E-state index in [9.17, 15) is 9.59 Å². The maximum atomic E-state index is 12.5. The number of imide groups is 1. The quantitative estimate of drug-likeness (QED) is 0.564. The molecular formula is C18H23NO2.